The molecule has 2 heterocycles. The van der Waals surface area contributed by atoms with Crippen LogP contribution in [-0.4, -0.2) is 24.1 Å². The van der Waals surface area contributed by atoms with Crippen molar-refractivity contribution in [1.29, 1.82) is 0 Å². The van der Waals surface area contributed by atoms with Crippen molar-refractivity contribution >= 4 is 39.3 Å². The lowest BCUT2D eigenvalue weighted by Crippen LogP contribution is -2.07. The van der Waals surface area contributed by atoms with E-state index >= 15 is 0 Å². The highest BCUT2D eigenvalue weighted by atomic mass is 79.9. The van der Waals surface area contributed by atoms with Crippen molar-refractivity contribution in [2.45, 2.75) is 13.3 Å². The Morgan fingerprint density at radius 2 is 2.42 bits per heavy atom. The number of hydrogen-bond donors (Lipinski definition) is 1. The highest BCUT2D eigenvalue weighted by molar-refractivity contribution is 9.11. The largest absolute Gasteiger partial charge is 0.461 e. The molecule has 0 aliphatic rings. The topological polar surface area (TPSA) is 64.4 Å². The molecule has 0 amide bonds. The molecule has 2 aromatic heterocycles. The van der Waals surface area contributed by atoms with E-state index in [1.54, 1.807) is 18.3 Å². The zero-order valence-electron chi connectivity index (χ0n) is 10.3. The molecule has 0 aliphatic carbocycles. The summed E-state index contributed by atoms with van der Waals surface area (Å²) in [5.41, 5.74) is 0.184. The van der Waals surface area contributed by atoms with Crippen molar-refractivity contribution in [3.8, 4) is 0 Å². The summed E-state index contributed by atoms with van der Waals surface area (Å²) in [7, 11) is 0. The lowest BCUT2D eigenvalue weighted by atomic mass is 10.3. The summed E-state index contributed by atoms with van der Waals surface area (Å²) in [5, 5.41) is 3.03. The summed E-state index contributed by atoms with van der Waals surface area (Å²) < 4.78 is 11.1. The van der Waals surface area contributed by atoms with Crippen LogP contribution in [0.3, 0.4) is 0 Å². The van der Waals surface area contributed by atoms with E-state index in [4.69, 9.17) is 9.15 Å². The molecule has 102 valence electrons. The predicted octanol–water partition coefficient (Wildman–Crippen LogP) is 3.33. The van der Waals surface area contributed by atoms with Crippen molar-refractivity contribution in [2.75, 3.05) is 18.5 Å². The number of ether oxygens (including phenoxy) is 1. The van der Waals surface area contributed by atoms with Crippen molar-refractivity contribution in [1.82, 2.24) is 4.98 Å². The third kappa shape index (κ3) is 4.07. The zero-order chi connectivity index (χ0) is 13.7. The van der Waals surface area contributed by atoms with E-state index in [1.165, 1.54) is 11.1 Å². The molecule has 2 aromatic rings. The van der Waals surface area contributed by atoms with Crippen LogP contribution in [-0.2, 0) is 11.2 Å². The van der Waals surface area contributed by atoms with Gasteiger partial charge in [0, 0.05) is 11.4 Å². The van der Waals surface area contributed by atoms with Crippen LogP contribution < -0.4 is 5.32 Å². The Labute approximate surface area is 123 Å². The lowest BCUT2D eigenvalue weighted by Gasteiger charge is -1.99. The summed E-state index contributed by atoms with van der Waals surface area (Å²) >= 11 is 5.11. The van der Waals surface area contributed by atoms with Crippen molar-refractivity contribution in [3.05, 3.63) is 32.8 Å². The average molecular weight is 345 g/mol. The number of anilines is 1. The molecule has 0 bridgehead atoms. The van der Waals surface area contributed by atoms with Gasteiger partial charge in [-0.05, 0) is 41.4 Å². The van der Waals surface area contributed by atoms with Crippen LogP contribution in [0, 0.1) is 0 Å². The van der Waals surface area contributed by atoms with E-state index in [1.807, 2.05) is 6.07 Å². The predicted molar refractivity (Wildman–Crippen MR) is 76.7 cm³/mol. The smallest absolute Gasteiger partial charge is 0.360 e. The summed E-state index contributed by atoms with van der Waals surface area (Å²) in [6.45, 7) is 2.76. The summed E-state index contributed by atoms with van der Waals surface area (Å²) in [6, 6.07) is 4.42. The molecule has 0 spiro atoms. The maximum atomic E-state index is 11.4. The Hall–Kier alpha value is -1.34. The zero-order valence-corrected chi connectivity index (χ0v) is 12.7. The van der Waals surface area contributed by atoms with Crippen LogP contribution in [0.15, 0.2) is 26.6 Å². The van der Waals surface area contributed by atoms with Crippen LogP contribution in [0.2, 0.25) is 0 Å². The molecule has 0 saturated heterocycles. The van der Waals surface area contributed by atoms with E-state index in [2.05, 4.69) is 32.3 Å². The third-order valence-corrected chi connectivity index (χ3v) is 3.95. The molecule has 19 heavy (non-hydrogen) atoms. The second-order valence-corrected chi connectivity index (χ2v) is 6.19. The number of rotatable bonds is 6. The van der Waals surface area contributed by atoms with E-state index < -0.39 is 5.97 Å². The molecule has 1 N–H and O–H groups in total. The van der Waals surface area contributed by atoms with Crippen molar-refractivity contribution in [3.63, 3.8) is 0 Å². The fourth-order valence-electron chi connectivity index (χ4n) is 1.43. The fourth-order valence-corrected chi connectivity index (χ4v) is 2.92. The molecule has 5 nitrogen and oxygen atoms in total. The Balaban J connectivity index is 1.81. The number of nitrogens with one attached hydrogen (secondary N) is 1. The van der Waals surface area contributed by atoms with Gasteiger partial charge in [0.2, 0.25) is 0 Å². The fraction of sp³-hybridized carbons (Fsp3) is 0.333. The first kappa shape index (κ1) is 14.1. The average Bonchev–Trinajstić information content (AvgIpc) is 2.99. The maximum Gasteiger partial charge on any atom is 0.360 e. The first-order valence-electron chi connectivity index (χ1n) is 5.79. The Kier molecular flexibility index (Phi) is 4.98. The van der Waals surface area contributed by atoms with E-state index in [0.717, 1.165) is 10.2 Å². The summed E-state index contributed by atoms with van der Waals surface area (Å²) in [6.07, 6.45) is 2.16. The van der Waals surface area contributed by atoms with Crippen LogP contribution in [0.5, 0.6) is 0 Å². The number of carbonyl (C=O) groups is 1. The summed E-state index contributed by atoms with van der Waals surface area (Å²) in [5.74, 6) is -0.471. The minimum Gasteiger partial charge on any atom is -0.461 e. The van der Waals surface area contributed by atoms with Crippen molar-refractivity contribution < 1.29 is 13.9 Å². The lowest BCUT2D eigenvalue weighted by molar-refractivity contribution is 0.0519. The van der Waals surface area contributed by atoms with E-state index in [0.29, 0.717) is 19.2 Å². The molecule has 0 fully saturated rings. The molecular formula is C12H13BrN2O3S. The highest BCUT2D eigenvalue weighted by Crippen LogP contribution is 2.22. The van der Waals surface area contributed by atoms with Gasteiger partial charge in [0.1, 0.15) is 6.26 Å². The standard InChI is InChI=1S/C12H13BrN2O3S/c1-2-17-11(16)9-7-18-12(15-9)14-6-5-8-3-4-10(13)19-8/h3-4,7H,2,5-6H2,1H3,(H,14,15). The van der Waals surface area contributed by atoms with Gasteiger partial charge in [-0.1, -0.05) is 0 Å². The van der Waals surface area contributed by atoms with Gasteiger partial charge in [-0.15, -0.1) is 11.3 Å². The number of oxazole rings is 1. The minimum atomic E-state index is -0.471. The maximum absolute atomic E-state index is 11.4. The minimum absolute atomic E-state index is 0.184. The molecule has 0 unspecified atom stereocenters. The van der Waals surface area contributed by atoms with Crippen LogP contribution in [0.1, 0.15) is 22.3 Å². The number of hydrogen-bond acceptors (Lipinski definition) is 6. The van der Waals surface area contributed by atoms with Crippen molar-refractivity contribution in [2.24, 2.45) is 0 Å². The van der Waals surface area contributed by atoms with Gasteiger partial charge in [-0.3, -0.25) is 0 Å². The van der Waals surface area contributed by atoms with Gasteiger partial charge in [0.15, 0.2) is 5.69 Å². The number of thiophene rings is 1. The molecule has 0 atom stereocenters. The highest BCUT2D eigenvalue weighted by Gasteiger charge is 2.12. The molecule has 0 aliphatic heterocycles. The number of aromatic nitrogens is 1. The number of carbonyl (C=O) groups excluding carboxylic acids is 1. The first-order valence-corrected chi connectivity index (χ1v) is 7.40. The molecule has 0 aromatic carbocycles. The van der Waals surface area contributed by atoms with Gasteiger partial charge in [0.25, 0.3) is 6.01 Å². The SMILES string of the molecule is CCOC(=O)c1coc(NCCc2ccc(Br)s2)n1. The van der Waals surface area contributed by atoms with Gasteiger partial charge in [-0.25, -0.2) is 4.79 Å². The second kappa shape index (κ2) is 6.72. The quantitative estimate of drug-likeness (QED) is 0.814. The number of halogens is 1. The Morgan fingerprint density at radius 1 is 1.58 bits per heavy atom. The molecule has 7 heteroatoms. The van der Waals surface area contributed by atoms with E-state index in [-0.39, 0.29) is 5.69 Å². The van der Waals surface area contributed by atoms with Gasteiger partial charge < -0.3 is 14.5 Å². The molecular weight excluding hydrogens is 332 g/mol. The van der Waals surface area contributed by atoms with Crippen LogP contribution in [0.4, 0.5) is 6.01 Å². The summed E-state index contributed by atoms with van der Waals surface area (Å²) in [4.78, 5) is 16.6. The molecule has 0 saturated carbocycles. The van der Waals surface area contributed by atoms with E-state index in [9.17, 15) is 4.79 Å². The third-order valence-electron chi connectivity index (χ3n) is 2.27. The normalized spacial score (nSPS) is 10.4. The van der Waals surface area contributed by atoms with Gasteiger partial charge in [0.05, 0.1) is 10.4 Å². The molecule has 0 radical (unpaired) electrons. The molecule has 2 rings (SSSR count). The number of nitrogens with zero attached hydrogens (tertiary/aromatic N) is 1. The Bertz CT molecular complexity index is 553. The Morgan fingerprint density at radius 3 is 3.11 bits per heavy atom. The number of esters is 1. The van der Waals surface area contributed by atoms with Crippen LogP contribution in [0.25, 0.3) is 0 Å². The monoisotopic (exact) mass is 344 g/mol. The van der Waals surface area contributed by atoms with Gasteiger partial charge >= 0.3 is 5.97 Å². The first-order chi connectivity index (χ1) is 9.19. The second-order valence-electron chi connectivity index (χ2n) is 3.64. The van der Waals surface area contributed by atoms with Crippen LogP contribution >= 0.6 is 27.3 Å². The van der Waals surface area contributed by atoms with Gasteiger partial charge in [-0.2, -0.15) is 4.98 Å².